The summed E-state index contributed by atoms with van der Waals surface area (Å²) in [6.45, 7) is 1.75. The Morgan fingerprint density at radius 2 is 1.96 bits per heavy atom. The number of rotatable bonds is 6. The van der Waals surface area contributed by atoms with Gasteiger partial charge in [-0.1, -0.05) is 17.7 Å². The molecule has 0 aliphatic carbocycles. The Hall–Kier alpha value is -3.06. The number of hydrogen-bond donors (Lipinski definition) is 1. The molecule has 0 aromatic heterocycles. The van der Waals surface area contributed by atoms with Crippen LogP contribution in [0.5, 0.6) is 11.5 Å². The SMILES string of the molecule is COc1cc(/C=C/C(=O)Nc2cc([N+](=O)[O-])ccc2C)cc(Cl)c1OC. The minimum Gasteiger partial charge on any atom is -0.493 e. The van der Waals surface area contributed by atoms with Crippen molar-refractivity contribution >= 4 is 35.0 Å². The molecule has 0 bridgehead atoms. The summed E-state index contributed by atoms with van der Waals surface area (Å²) in [6.07, 6.45) is 2.85. The number of carbonyl (C=O) groups is 1. The van der Waals surface area contributed by atoms with Crippen LogP contribution in [0.25, 0.3) is 6.08 Å². The smallest absolute Gasteiger partial charge is 0.271 e. The normalized spacial score (nSPS) is 10.6. The fourth-order valence-electron chi connectivity index (χ4n) is 2.24. The van der Waals surface area contributed by atoms with Gasteiger partial charge in [-0.2, -0.15) is 0 Å². The van der Waals surface area contributed by atoms with Crippen molar-refractivity contribution in [3.8, 4) is 11.5 Å². The summed E-state index contributed by atoms with van der Waals surface area (Å²) in [5, 5.41) is 13.8. The second kappa shape index (κ2) is 8.35. The number of benzene rings is 2. The highest BCUT2D eigenvalue weighted by atomic mass is 35.5. The first-order valence-corrected chi connectivity index (χ1v) is 7.89. The molecule has 0 fully saturated rings. The van der Waals surface area contributed by atoms with Crippen LogP contribution in [-0.4, -0.2) is 25.1 Å². The van der Waals surface area contributed by atoms with E-state index in [0.29, 0.717) is 33.3 Å². The van der Waals surface area contributed by atoms with E-state index in [1.54, 1.807) is 31.2 Å². The quantitative estimate of drug-likeness (QED) is 0.463. The van der Waals surface area contributed by atoms with Crippen molar-refractivity contribution in [2.45, 2.75) is 6.92 Å². The Balaban J connectivity index is 2.19. The molecule has 136 valence electrons. The average Bonchev–Trinajstić information content (AvgIpc) is 2.61. The van der Waals surface area contributed by atoms with Crippen LogP contribution in [0.1, 0.15) is 11.1 Å². The molecule has 1 amide bonds. The van der Waals surface area contributed by atoms with Crippen molar-refractivity contribution in [2.75, 3.05) is 19.5 Å². The third kappa shape index (κ3) is 4.52. The first-order valence-electron chi connectivity index (χ1n) is 7.51. The van der Waals surface area contributed by atoms with E-state index in [4.69, 9.17) is 21.1 Å². The molecular formula is C18H17ClN2O5. The van der Waals surface area contributed by atoms with Gasteiger partial charge in [0.25, 0.3) is 5.69 Å². The molecule has 0 heterocycles. The molecule has 0 radical (unpaired) electrons. The van der Waals surface area contributed by atoms with Gasteiger partial charge < -0.3 is 14.8 Å². The molecule has 26 heavy (non-hydrogen) atoms. The maximum absolute atomic E-state index is 12.1. The fraction of sp³-hybridized carbons (Fsp3) is 0.167. The van der Waals surface area contributed by atoms with Gasteiger partial charge in [-0.3, -0.25) is 14.9 Å². The third-order valence-electron chi connectivity index (χ3n) is 3.57. The Labute approximate surface area is 155 Å². The predicted octanol–water partition coefficient (Wildman–Crippen LogP) is 4.23. The average molecular weight is 377 g/mol. The molecule has 7 nitrogen and oxygen atoms in total. The maximum atomic E-state index is 12.1. The number of anilines is 1. The van der Waals surface area contributed by atoms with Gasteiger partial charge in [-0.05, 0) is 36.3 Å². The largest absolute Gasteiger partial charge is 0.493 e. The Morgan fingerprint density at radius 3 is 2.58 bits per heavy atom. The van der Waals surface area contributed by atoms with Gasteiger partial charge in [-0.25, -0.2) is 0 Å². The number of ether oxygens (including phenoxy) is 2. The number of nitrogens with one attached hydrogen (secondary N) is 1. The lowest BCUT2D eigenvalue weighted by Gasteiger charge is -2.10. The van der Waals surface area contributed by atoms with Crippen molar-refractivity contribution in [1.82, 2.24) is 0 Å². The van der Waals surface area contributed by atoms with Crippen molar-refractivity contribution in [1.29, 1.82) is 0 Å². The molecule has 0 aliphatic heterocycles. The van der Waals surface area contributed by atoms with Crippen LogP contribution in [0.3, 0.4) is 0 Å². The first kappa shape index (κ1) is 19.3. The highest BCUT2D eigenvalue weighted by molar-refractivity contribution is 6.32. The van der Waals surface area contributed by atoms with Crippen molar-refractivity contribution in [3.05, 3.63) is 62.7 Å². The van der Waals surface area contributed by atoms with Gasteiger partial charge in [0, 0.05) is 18.2 Å². The topological polar surface area (TPSA) is 90.7 Å². The number of nitro groups is 1. The van der Waals surface area contributed by atoms with Crippen LogP contribution >= 0.6 is 11.6 Å². The van der Waals surface area contributed by atoms with Gasteiger partial charge in [0.05, 0.1) is 29.9 Å². The molecule has 2 aromatic rings. The number of nitro benzene ring substituents is 1. The van der Waals surface area contributed by atoms with Crippen LogP contribution in [0.4, 0.5) is 11.4 Å². The lowest BCUT2D eigenvalue weighted by molar-refractivity contribution is -0.384. The summed E-state index contributed by atoms with van der Waals surface area (Å²) >= 11 is 6.12. The zero-order valence-corrected chi connectivity index (χ0v) is 15.2. The van der Waals surface area contributed by atoms with Crippen LogP contribution in [0.15, 0.2) is 36.4 Å². The zero-order chi connectivity index (χ0) is 19.3. The molecule has 2 rings (SSSR count). The number of non-ortho nitro benzene ring substituents is 1. The minimum absolute atomic E-state index is 0.0958. The summed E-state index contributed by atoms with van der Waals surface area (Å²) in [6, 6.07) is 7.57. The molecule has 1 N–H and O–H groups in total. The zero-order valence-electron chi connectivity index (χ0n) is 14.4. The summed E-state index contributed by atoms with van der Waals surface area (Å²) in [5.41, 5.74) is 1.63. The second-order valence-electron chi connectivity index (χ2n) is 5.32. The first-order chi connectivity index (χ1) is 12.3. The number of nitrogens with zero attached hydrogens (tertiary/aromatic N) is 1. The summed E-state index contributed by atoms with van der Waals surface area (Å²) < 4.78 is 10.4. The van der Waals surface area contributed by atoms with Gasteiger partial charge in [0.2, 0.25) is 5.91 Å². The molecule has 2 aromatic carbocycles. The number of hydrogen-bond acceptors (Lipinski definition) is 5. The van der Waals surface area contributed by atoms with Crippen LogP contribution in [0.2, 0.25) is 5.02 Å². The summed E-state index contributed by atoms with van der Waals surface area (Å²) in [7, 11) is 2.97. The van der Waals surface area contributed by atoms with E-state index < -0.39 is 10.8 Å². The van der Waals surface area contributed by atoms with E-state index in [-0.39, 0.29) is 5.69 Å². The molecule has 0 aliphatic rings. The third-order valence-corrected chi connectivity index (χ3v) is 3.85. The molecule has 0 saturated heterocycles. The monoisotopic (exact) mass is 376 g/mol. The van der Waals surface area contributed by atoms with E-state index in [1.165, 1.54) is 32.4 Å². The van der Waals surface area contributed by atoms with E-state index in [2.05, 4.69) is 5.32 Å². The number of aryl methyl sites for hydroxylation is 1. The standard InChI is InChI=1S/C18H17ClN2O5/c1-11-4-6-13(21(23)24)10-15(11)20-17(22)7-5-12-8-14(19)18(26-3)16(9-12)25-2/h4-10H,1-3H3,(H,20,22)/b7-5+. The minimum atomic E-state index is -0.517. The molecule has 0 saturated carbocycles. The van der Waals surface area contributed by atoms with E-state index in [9.17, 15) is 14.9 Å². The van der Waals surface area contributed by atoms with E-state index in [0.717, 1.165) is 0 Å². The highest BCUT2D eigenvalue weighted by Crippen LogP contribution is 2.36. The van der Waals surface area contributed by atoms with Gasteiger partial charge >= 0.3 is 0 Å². The maximum Gasteiger partial charge on any atom is 0.271 e. The second-order valence-corrected chi connectivity index (χ2v) is 5.72. The summed E-state index contributed by atoms with van der Waals surface area (Å²) in [5.74, 6) is 0.414. The van der Waals surface area contributed by atoms with Crippen molar-refractivity contribution < 1.29 is 19.2 Å². The lowest BCUT2D eigenvalue weighted by atomic mass is 10.1. The molecule has 0 atom stereocenters. The number of halogens is 1. The Morgan fingerprint density at radius 1 is 1.23 bits per heavy atom. The predicted molar refractivity (Wildman–Crippen MR) is 100 cm³/mol. The Bertz CT molecular complexity index is 880. The number of methoxy groups -OCH3 is 2. The summed E-state index contributed by atoms with van der Waals surface area (Å²) in [4.78, 5) is 22.5. The highest BCUT2D eigenvalue weighted by Gasteiger charge is 2.11. The number of carbonyl (C=O) groups excluding carboxylic acids is 1. The molecule has 8 heteroatoms. The van der Waals surface area contributed by atoms with Crippen molar-refractivity contribution in [2.24, 2.45) is 0 Å². The van der Waals surface area contributed by atoms with Gasteiger partial charge in [-0.15, -0.1) is 0 Å². The van der Waals surface area contributed by atoms with Gasteiger partial charge in [0.1, 0.15) is 0 Å². The van der Waals surface area contributed by atoms with Crippen LogP contribution in [-0.2, 0) is 4.79 Å². The lowest BCUT2D eigenvalue weighted by Crippen LogP contribution is -2.09. The molecule has 0 unspecified atom stereocenters. The van der Waals surface area contributed by atoms with Crippen molar-refractivity contribution in [3.63, 3.8) is 0 Å². The number of amides is 1. The van der Waals surface area contributed by atoms with E-state index in [1.807, 2.05) is 0 Å². The Kier molecular flexibility index (Phi) is 6.19. The van der Waals surface area contributed by atoms with Crippen LogP contribution in [0, 0.1) is 17.0 Å². The van der Waals surface area contributed by atoms with Gasteiger partial charge in [0.15, 0.2) is 11.5 Å². The van der Waals surface area contributed by atoms with Crippen LogP contribution < -0.4 is 14.8 Å². The van der Waals surface area contributed by atoms with E-state index >= 15 is 0 Å². The molecular weight excluding hydrogens is 360 g/mol. The fourth-order valence-corrected chi connectivity index (χ4v) is 2.53. The molecule has 0 spiro atoms.